The molecule has 2 saturated heterocycles. The van der Waals surface area contributed by atoms with E-state index in [4.69, 9.17) is 11.6 Å². The molecular weight excluding hydrogens is 336 g/mol. The Hall–Kier alpha value is -1.11. The van der Waals surface area contributed by atoms with E-state index in [0.29, 0.717) is 0 Å². The van der Waals surface area contributed by atoms with Gasteiger partial charge in [-0.15, -0.1) is 0 Å². The summed E-state index contributed by atoms with van der Waals surface area (Å²) in [5.41, 5.74) is 3.62. The van der Waals surface area contributed by atoms with Crippen molar-refractivity contribution in [2.75, 3.05) is 46.3 Å². The van der Waals surface area contributed by atoms with Crippen LogP contribution in [-0.2, 0) is 6.54 Å². The van der Waals surface area contributed by atoms with E-state index in [0.717, 1.165) is 56.4 Å². The van der Waals surface area contributed by atoms with Gasteiger partial charge < -0.3 is 15.0 Å². The third-order valence-corrected chi connectivity index (χ3v) is 6.08. The van der Waals surface area contributed by atoms with Gasteiger partial charge in [0, 0.05) is 73.5 Å². The fourth-order valence-electron chi connectivity index (χ4n) is 4.22. The molecule has 0 saturated carbocycles. The second-order valence-corrected chi connectivity index (χ2v) is 8.02. The van der Waals surface area contributed by atoms with E-state index in [9.17, 15) is 5.11 Å². The second-order valence-electron chi connectivity index (χ2n) is 7.59. The van der Waals surface area contributed by atoms with E-state index in [-0.39, 0.29) is 12.1 Å². The van der Waals surface area contributed by atoms with Crippen molar-refractivity contribution in [2.45, 2.75) is 25.6 Å². The first kappa shape index (κ1) is 17.3. The summed E-state index contributed by atoms with van der Waals surface area (Å²) in [4.78, 5) is 10.7. The molecule has 0 aliphatic carbocycles. The van der Waals surface area contributed by atoms with Crippen LogP contribution in [0.1, 0.15) is 11.3 Å². The number of nitrogens with zero attached hydrogens (tertiary/aromatic N) is 3. The van der Waals surface area contributed by atoms with Crippen LogP contribution in [0.2, 0.25) is 5.02 Å². The Morgan fingerprint density at radius 2 is 1.96 bits per heavy atom. The second kappa shape index (κ2) is 6.89. The molecule has 1 aromatic carbocycles. The third-order valence-electron chi connectivity index (χ3n) is 5.85. The molecule has 2 aliphatic heterocycles. The van der Waals surface area contributed by atoms with Gasteiger partial charge in [-0.1, -0.05) is 11.6 Å². The number of benzene rings is 1. The lowest BCUT2D eigenvalue weighted by molar-refractivity contribution is 0.0512. The Balaban J connectivity index is 1.46. The number of β-amino-alcohol motifs (C(OH)–C–C–N with tert-alkyl or cyclic N) is 1. The number of rotatable bonds is 3. The minimum Gasteiger partial charge on any atom is -0.390 e. The van der Waals surface area contributed by atoms with Gasteiger partial charge in [0.2, 0.25) is 0 Å². The minimum absolute atomic E-state index is 0.257. The van der Waals surface area contributed by atoms with E-state index in [1.807, 2.05) is 18.2 Å². The van der Waals surface area contributed by atoms with Crippen molar-refractivity contribution in [3.8, 4) is 0 Å². The van der Waals surface area contributed by atoms with Gasteiger partial charge >= 0.3 is 0 Å². The fourth-order valence-corrected chi connectivity index (χ4v) is 4.40. The molecule has 5 nitrogen and oxygen atoms in total. The summed E-state index contributed by atoms with van der Waals surface area (Å²) in [5.74, 6) is 0. The lowest BCUT2D eigenvalue weighted by Crippen LogP contribution is -2.52. The van der Waals surface area contributed by atoms with Gasteiger partial charge in [0.15, 0.2) is 0 Å². The van der Waals surface area contributed by atoms with E-state index in [1.54, 1.807) is 0 Å². The Kier molecular flexibility index (Phi) is 4.77. The molecule has 25 heavy (non-hydrogen) atoms. The zero-order valence-electron chi connectivity index (χ0n) is 15.0. The molecule has 2 aromatic rings. The number of halogens is 1. The molecule has 0 radical (unpaired) electrons. The van der Waals surface area contributed by atoms with E-state index in [1.165, 1.54) is 16.6 Å². The van der Waals surface area contributed by atoms with Gasteiger partial charge in [0.1, 0.15) is 0 Å². The SMILES string of the molecule is Cc1c(CN2C[C@@H](O)[C@H](N3CCN(C)CC3)C2)[nH]c2ccc(Cl)cc12. The number of likely N-dealkylation sites (tertiary alicyclic amines) is 1. The van der Waals surface area contributed by atoms with E-state index in [2.05, 4.69) is 33.7 Å². The van der Waals surface area contributed by atoms with Gasteiger partial charge in [0.05, 0.1) is 6.10 Å². The van der Waals surface area contributed by atoms with E-state index < -0.39 is 0 Å². The third kappa shape index (κ3) is 3.44. The zero-order valence-corrected chi connectivity index (χ0v) is 15.8. The predicted octanol–water partition coefficient (Wildman–Crippen LogP) is 1.92. The first-order valence-electron chi connectivity index (χ1n) is 9.11. The molecule has 0 amide bonds. The molecule has 2 N–H and O–H groups in total. The average Bonchev–Trinajstić information content (AvgIpc) is 3.10. The Morgan fingerprint density at radius 1 is 1.20 bits per heavy atom. The van der Waals surface area contributed by atoms with Crippen LogP contribution in [0, 0.1) is 6.92 Å². The fraction of sp³-hybridized carbons (Fsp3) is 0.579. The quantitative estimate of drug-likeness (QED) is 0.875. The maximum atomic E-state index is 10.6. The number of hydrogen-bond donors (Lipinski definition) is 2. The summed E-state index contributed by atoms with van der Waals surface area (Å²) in [6.07, 6.45) is -0.262. The largest absolute Gasteiger partial charge is 0.390 e. The number of fused-ring (bicyclic) bond motifs is 1. The monoisotopic (exact) mass is 362 g/mol. The molecule has 3 heterocycles. The van der Waals surface area contributed by atoms with Crippen LogP contribution in [0.4, 0.5) is 0 Å². The summed E-state index contributed by atoms with van der Waals surface area (Å²) in [6.45, 7) is 8.95. The van der Waals surface area contributed by atoms with Crippen LogP contribution < -0.4 is 0 Å². The van der Waals surface area contributed by atoms with Gasteiger partial charge in [-0.25, -0.2) is 0 Å². The maximum absolute atomic E-state index is 10.6. The summed E-state index contributed by atoms with van der Waals surface area (Å²) in [7, 11) is 2.17. The minimum atomic E-state index is -0.262. The van der Waals surface area contributed by atoms with Crippen LogP contribution in [-0.4, -0.2) is 83.3 Å². The standard InChI is InChI=1S/C19H27ClN4O/c1-13-15-9-14(20)3-4-16(15)21-17(13)10-23-11-18(19(25)12-23)24-7-5-22(2)6-8-24/h3-4,9,18-19,21,25H,5-8,10-12H2,1-2H3/t18-,19-/m1/s1. The summed E-state index contributed by atoms with van der Waals surface area (Å²) in [5, 5.41) is 12.5. The molecule has 2 aliphatic rings. The summed E-state index contributed by atoms with van der Waals surface area (Å²) in [6, 6.07) is 6.25. The van der Waals surface area contributed by atoms with Gasteiger partial charge in [-0.3, -0.25) is 9.80 Å². The maximum Gasteiger partial charge on any atom is 0.0834 e. The van der Waals surface area contributed by atoms with Crippen molar-refractivity contribution < 1.29 is 5.11 Å². The number of piperazine rings is 1. The molecule has 0 unspecified atom stereocenters. The summed E-state index contributed by atoms with van der Waals surface area (Å²) < 4.78 is 0. The van der Waals surface area contributed by atoms with Gasteiger partial charge in [0.25, 0.3) is 0 Å². The molecule has 1 aromatic heterocycles. The molecule has 2 atom stereocenters. The van der Waals surface area contributed by atoms with Crippen molar-refractivity contribution in [2.24, 2.45) is 0 Å². The molecule has 136 valence electrons. The van der Waals surface area contributed by atoms with Crippen LogP contribution >= 0.6 is 11.6 Å². The highest BCUT2D eigenvalue weighted by molar-refractivity contribution is 6.31. The Morgan fingerprint density at radius 3 is 2.72 bits per heavy atom. The topological polar surface area (TPSA) is 45.7 Å². The van der Waals surface area contributed by atoms with Crippen LogP contribution in [0.3, 0.4) is 0 Å². The Bertz CT molecular complexity index is 753. The van der Waals surface area contributed by atoms with Crippen LogP contribution in [0.15, 0.2) is 18.2 Å². The number of nitrogens with one attached hydrogen (secondary N) is 1. The van der Waals surface area contributed by atoms with Crippen molar-refractivity contribution >= 4 is 22.5 Å². The highest BCUT2D eigenvalue weighted by Gasteiger charge is 2.36. The molecule has 2 fully saturated rings. The number of H-pyrrole nitrogens is 1. The normalized spacial score (nSPS) is 26.7. The summed E-state index contributed by atoms with van der Waals surface area (Å²) >= 11 is 6.14. The number of aliphatic hydroxyl groups is 1. The van der Waals surface area contributed by atoms with Crippen molar-refractivity contribution in [1.29, 1.82) is 0 Å². The first-order valence-corrected chi connectivity index (χ1v) is 9.49. The molecule has 6 heteroatoms. The average molecular weight is 363 g/mol. The number of aryl methyl sites for hydroxylation is 1. The van der Waals surface area contributed by atoms with E-state index >= 15 is 0 Å². The number of aromatic amines is 1. The molecule has 0 bridgehead atoms. The van der Waals surface area contributed by atoms with Crippen molar-refractivity contribution in [3.05, 3.63) is 34.5 Å². The number of aliphatic hydroxyl groups excluding tert-OH is 1. The van der Waals surface area contributed by atoms with Gasteiger partial charge in [-0.2, -0.15) is 0 Å². The van der Waals surface area contributed by atoms with Crippen molar-refractivity contribution in [1.82, 2.24) is 19.7 Å². The van der Waals surface area contributed by atoms with Gasteiger partial charge in [-0.05, 0) is 37.7 Å². The zero-order chi connectivity index (χ0) is 17.6. The number of hydrogen-bond acceptors (Lipinski definition) is 4. The highest BCUT2D eigenvalue weighted by Crippen LogP contribution is 2.27. The lowest BCUT2D eigenvalue weighted by atomic mass is 10.1. The first-order chi connectivity index (χ1) is 12.0. The highest BCUT2D eigenvalue weighted by atomic mass is 35.5. The predicted molar refractivity (Wildman–Crippen MR) is 102 cm³/mol. The van der Waals surface area contributed by atoms with Crippen LogP contribution in [0.5, 0.6) is 0 Å². The Labute approximate surface area is 154 Å². The lowest BCUT2D eigenvalue weighted by Gasteiger charge is -2.37. The molecule has 0 spiro atoms. The van der Waals surface area contributed by atoms with Crippen molar-refractivity contribution in [3.63, 3.8) is 0 Å². The number of likely N-dealkylation sites (N-methyl/N-ethyl adjacent to an activating group) is 1. The van der Waals surface area contributed by atoms with Crippen LogP contribution in [0.25, 0.3) is 10.9 Å². The molecule has 4 rings (SSSR count). The number of aromatic nitrogens is 1. The molecular formula is C19H27ClN4O. The smallest absolute Gasteiger partial charge is 0.0834 e.